The maximum atomic E-state index is 12.3. The Morgan fingerprint density at radius 2 is 2.00 bits per heavy atom. The fraction of sp³-hybridized carbons (Fsp3) is 0.412. The molecule has 0 aliphatic heterocycles. The number of carbonyl (C=O) groups excluding carboxylic acids is 2. The Hall–Kier alpha value is -2.70. The number of carbonyl (C=O) groups is 2. The van der Waals surface area contributed by atoms with Gasteiger partial charge in [0, 0.05) is 13.0 Å². The van der Waals surface area contributed by atoms with Crippen molar-refractivity contribution in [2.45, 2.75) is 39.3 Å². The van der Waals surface area contributed by atoms with Crippen LogP contribution in [0.25, 0.3) is 10.9 Å². The molecule has 0 unspecified atom stereocenters. The summed E-state index contributed by atoms with van der Waals surface area (Å²) in [5.41, 5.74) is 0.365. The van der Waals surface area contributed by atoms with Gasteiger partial charge in [0.05, 0.1) is 29.2 Å². The van der Waals surface area contributed by atoms with E-state index < -0.39 is 17.9 Å². The molecule has 1 heterocycles. The summed E-state index contributed by atoms with van der Waals surface area (Å²) < 4.78 is 1.35. The molecule has 1 aromatic heterocycles. The molecule has 7 heteroatoms. The Bertz CT molecular complexity index is 798. The highest BCUT2D eigenvalue weighted by Gasteiger charge is 2.15. The monoisotopic (exact) mass is 330 g/mol. The van der Waals surface area contributed by atoms with Crippen LogP contribution in [0.1, 0.15) is 26.7 Å². The van der Waals surface area contributed by atoms with Crippen LogP contribution in [0.2, 0.25) is 0 Å². The maximum absolute atomic E-state index is 12.3. The molecule has 1 amide bonds. The van der Waals surface area contributed by atoms with Crippen LogP contribution in [0.3, 0.4) is 0 Å². The summed E-state index contributed by atoms with van der Waals surface area (Å²) in [5.74, 6) is -1.63. The highest BCUT2D eigenvalue weighted by Crippen LogP contribution is 2.06. The number of hydrogen-bond donors (Lipinski definition) is 1. The van der Waals surface area contributed by atoms with Crippen LogP contribution in [-0.2, 0) is 16.1 Å². The van der Waals surface area contributed by atoms with Gasteiger partial charge in [-0.1, -0.05) is 26.0 Å². The second-order valence-electron chi connectivity index (χ2n) is 6.08. The van der Waals surface area contributed by atoms with Crippen molar-refractivity contribution >= 4 is 22.8 Å². The summed E-state index contributed by atoms with van der Waals surface area (Å²) >= 11 is 0. The number of aryl methyl sites for hydroxylation is 1. The molecule has 2 rings (SSSR count). The average molecular weight is 330 g/mol. The Labute approximate surface area is 139 Å². The Morgan fingerprint density at radius 3 is 2.67 bits per heavy atom. The fourth-order valence-corrected chi connectivity index (χ4v) is 2.44. The lowest BCUT2D eigenvalue weighted by atomic mass is 10.0. The molecule has 1 N–H and O–H groups in total. The number of carboxylic acid groups (broad SMARTS) is 1. The first-order chi connectivity index (χ1) is 11.4. The highest BCUT2D eigenvalue weighted by atomic mass is 16.4. The lowest BCUT2D eigenvalue weighted by Crippen LogP contribution is -2.48. The topological polar surface area (TPSA) is 104 Å². The standard InChI is InChI=1S/C17H21N3O4/c1-11(2)9-14(17(23)24)19-15(21)7-8-20-10-18-13-6-4-3-5-12(13)16(20)22/h3-6,10-11,14H,7-9H2,1-2H3,(H,19,21)(H,23,24)/p-1/t14-/m0/s1. The third-order valence-corrected chi connectivity index (χ3v) is 3.64. The Kier molecular flexibility index (Phi) is 5.68. The van der Waals surface area contributed by atoms with Gasteiger partial charge in [0.15, 0.2) is 0 Å². The molecule has 1 atom stereocenters. The number of aliphatic carboxylic acids is 1. The molecule has 0 aliphatic rings. The maximum Gasteiger partial charge on any atom is 0.261 e. The molecule has 0 fully saturated rings. The van der Waals surface area contributed by atoms with Crippen LogP contribution in [0.5, 0.6) is 0 Å². The number of para-hydroxylation sites is 1. The fourth-order valence-electron chi connectivity index (χ4n) is 2.44. The van der Waals surface area contributed by atoms with E-state index in [1.807, 2.05) is 13.8 Å². The number of nitrogens with zero attached hydrogens (tertiary/aromatic N) is 2. The van der Waals surface area contributed by atoms with Gasteiger partial charge in [0.2, 0.25) is 5.91 Å². The number of nitrogens with one attached hydrogen (secondary N) is 1. The van der Waals surface area contributed by atoms with Gasteiger partial charge >= 0.3 is 0 Å². The first-order valence-corrected chi connectivity index (χ1v) is 7.83. The first kappa shape index (κ1) is 17.7. The smallest absolute Gasteiger partial charge is 0.261 e. The van der Waals surface area contributed by atoms with Crippen LogP contribution < -0.4 is 16.0 Å². The molecule has 1 aromatic carbocycles. The van der Waals surface area contributed by atoms with Crippen LogP contribution in [-0.4, -0.2) is 27.5 Å². The minimum absolute atomic E-state index is 0.0121. The van der Waals surface area contributed by atoms with E-state index in [2.05, 4.69) is 10.3 Å². The zero-order valence-electron chi connectivity index (χ0n) is 13.7. The van der Waals surface area contributed by atoms with Crippen molar-refractivity contribution in [3.05, 3.63) is 40.9 Å². The second kappa shape index (κ2) is 7.72. The van der Waals surface area contributed by atoms with Gasteiger partial charge in [-0.05, 0) is 24.5 Å². The lowest BCUT2D eigenvalue weighted by molar-refractivity contribution is -0.308. The molecule has 0 radical (unpaired) electrons. The van der Waals surface area contributed by atoms with Gasteiger partial charge in [0.25, 0.3) is 5.56 Å². The number of fused-ring (bicyclic) bond motifs is 1. The molecule has 0 saturated carbocycles. The number of amides is 1. The van der Waals surface area contributed by atoms with Gasteiger partial charge in [-0.2, -0.15) is 0 Å². The zero-order valence-corrected chi connectivity index (χ0v) is 13.7. The minimum atomic E-state index is -1.30. The number of aromatic nitrogens is 2. The molecule has 0 bridgehead atoms. The largest absolute Gasteiger partial charge is 0.548 e. The normalized spacial score (nSPS) is 12.3. The van der Waals surface area contributed by atoms with E-state index in [0.717, 1.165) is 0 Å². The highest BCUT2D eigenvalue weighted by molar-refractivity contribution is 5.82. The molecule has 0 spiro atoms. The summed E-state index contributed by atoms with van der Waals surface area (Å²) in [6.07, 6.45) is 1.68. The van der Waals surface area contributed by atoms with Gasteiger partial charge in [-0.15, -0.1) is 0 Å². The van der Waals surface area contributed by atoms with E-state index in [-0.39, 0.29) is 24.4 Å². The summed E-state index contributed by atoms with van der Waals surface area (Å²) in [6, 6.07) is 5.93. The molecule has 128 valence electrons. The van der Waals surface area contributed by atoms with Crippen molar-refractivity contribution in [3.8, 4) is 0 Å². The molecular weight excluding hydrogens is 310 g/mol. The van der Waals surface area contributed by atoms with Crippen molar-refractivity contribution in [1.29, 1.82) is 0 Å². The SMILES string of the molecule is CC(C)C[C@H](NC(=O)CCn1cnc2ccccc2c1=O)C(=O)[O-]. The second-order valence-corrected chi connectivity index (χ2v) is 6.08. The average Bonchev–Trinajstić information content (AvgIpc) is 2.53. The van der Waals surface area contributed by atoms with E-state index in [4.69, 9.17) is 0 Å². The predicted octanol–water partition coefficient (Wildman–Crippen LogP) is 0.0674. The first-order valence-electron chi connectivity index (χ1n) is 7.83. The van der Waals surface area contributed by atoms with Crippen LogP contribution in [0.15, 0.2) is 35.4 Å². The summed E-state index contributed by atoms with van der Waals surface area (Å²) in [4.78, 5) is 39.5. The Balaban J connectivity index is 2.02. The van der Waals surface area contributed by atoms with E-state index in [1.54, 1.807) is 24.3 Å². The molecule has 0 aliphatic carbocycles. The molecule has 0 saturated heterocycles. The zero-order chi connectivity index (χ0) is 17.7. The van der Waals surface area contributed by atoms with Crippen molar-refractivity contribution in [2.24, 2.45) is 5.92 Å². The van der Waals surface area contributed by atoms with Crippen molar-refractivity contribution in [1.82, 2.24) is 14.9 Å². The number of rotatable bonds is 7. The quantitative estimate of drug-likeness (QED) is 0.773. The van der Waals surface area contributed by atoms with Crippen molar-refractivity contribution in [2.75, 3.05) is 0 Å². The van der Waals surface area contributed by atoms with Crippen molar-refractivity contribution in [3.63, 3.8) is 0 Å². The Morgan fingerprint density at radius 1 is 1.29 bits per heavy atom. The third kappa shape index (κ3) is 4.41. The van der Waals surface area contributed by atoms with E-state index >= 15 is 0 Å². The van der Waals surface area contributed by atoms with Gasteiger partial charge in [0.1, 0.15) is 0 Å². The summed E-state index contributed by atoms with van der Waals surface area (Å²) in [5, 5.41) is 14.0. The van der Waals surface area contributed by atoms with Crippen LogP contribution >= 0.6 is 0 Å². The number of hydrogen-bond acceptors (Lipinski definition) is 5. The van der Waals surface area contributed by atoms with E-state index in [9.17, 15) is 19.5 Å². The number of benzene rings is 1. The molecular formula is C17H20N3O4-. The van der Waals surface area contributed by atoms with Gasteiger partial charge in [-0.25, -0.2) is 4.98 Å². The molecule has 2 aromatic rings. The summed E-state index contributed by atoms with van der Waals surface area (Å²) in [6.45, 7) is 3.86. The molecule has 24 heavy (non-hydrogen) atoms. The van der Waals surface area contributed by atoms with Crippen LogP contribution in [0.4, 0.5) is 0 Å². The lowest BCUT2D eigenvalue weighted by Gasteiger charge is -2.21. The third-order valence-electron chi connectivity index (χ3n) is 3.64. The molecule has 7 nitrogen and oxygen atoms in total. The predicted molar refractivity (Wildman–Crippen MR) is 87.0 cm³/mol. The van der Waals surface area contributed by atoms with E-state index in [0.29, 0.717) is 17.3 Å². The summed E-state index contributed by atoms with van der Waals surface area (Å²) in [7, 11) is 0. The van der Waals surface area contributed by atoms with E-state index in [1.165, 1.54) is 10.9 Å². The van der Waals surface area contributed by atoms with Crippen LogP contribution in [0, 0.1) is 5.92 Å². The van der Waals surface area contributed by atoms with Gasteiger partial charge < -0.3 is 15.2 Å². The van der Waals surface area contributed by atoms with Crippen molar-refractivity contribution < 1.29 is 14.7 Å². The van der Waals surface area contributed by atoms with Gasteiger partial charge in [-0.3, -0.25) is 14.2 Å². The minimum Gasteiger partial charge on any atom is -0.548 e. The number of carboxylic acids is 1.